The molecule has 4 rings (SSSR count). The molecule has 0 spiro atoms. The molecule has 0 atom stereocenters. The van der Waals surface area contributed by atoms with E-state index in [1.807, 2.05) is 19.1 Å². The minimum Gasteiger partial charge on any atom is -0.492 e. The molecule has 0 saturated carbocycles. The number of aryl methyl sites for hydroxylation is 1. The molecule has 2 amide bonds. The zero-order chi connectivity index (χ0) is 28.3. The maximum absolute atomic E-state index is 13.1. The van der Waals surface area contributed by atoms with E-state index in [0.29, 0.717) is 34.1 Å². The number of amides is 2. The molecule has 0 unspecified atom stereocenters. The number of carbonyl (C=O) groups is 2. The van der Waals surface area contributed by atoms with Crippen LogP contribution in [0.5, 0.6) is 17.2 Å². The summed E-state index contributed by atoms with van der Waals surface area (Å²) in [5, 5.41) is 10.9. The zero-order valence-electron chi connectivity index (χ0n) is 20.0. The van der Waals surface area contributed by atoms with Crippen molar-refractivity contribution in [2.45, 2.75) is 13.1 Å². The Morgan fingerprint density at radius 1 is 1.05 bits per heavy atom. The Hall–Kier alpha value is -3.84. The lowest BCUT2D eigenvalue weighted by Gasteiger charge is -2.13. The van der Waals surface area contributed by atoms with Crippen LogP contribution in [-0.2, 0) is 11.0 Å². The van der Waals surface area contributed by atoms with E-state index >= 15 is 0 Å². The van der Waals surface area contributed by atoms with Crippen LogP contribution in [0.3, 0.4) is 0 Å². The number of ether oxygens (including phenoxy) is 2. The molecule has 3 aromatic carbocycles. The predicted octanol–water partition coefficient (Wildman–Crippen LogP) is 7.59. The summed E-state index contributed by atoms with van der Waals surface area (Å²) in [6.07, 6.45) is -3.40. The number of nitro groups is 1. The van der Waals surface area contributed by atoms with Crippen LogP contribution in [0.1, 0.15) is 16.7 Å². The van der Waals surface area contributed by atoms with Crippen molar-refractivity contribution in [3.8, 4) is 17.2 Å². The van der Waals surface area contributed by atoms with Gasteiger partial charge < -0.3 is 9.47 Å². The van der Waals surface area contributed by atoms with Crippen LogP contribution in [0.25, 0.3) is 6.08 Å². The second-order valence-electron chi connectivity index (χ2n) is 8.22. The molecular formula is C26H18BrF3N2O6S. The summed E-state index contributed by atoms with van der Waals surface area (Å²) in [4.78, 5) is 37.0. The first kappa shape index (κ1) is 28.2. The maximum Gasteiger partial charge on any atom is 0.416 e. The monoisotopic (exact) mass is 622 g/mol. The highest BCUT2D eigenvalue weighted by atomic mass is 79.9. The largest absolute Gasteiger partial charge is 0.492 e. The summed E-state index contributed by atoms with van der Waals surface area (Å²) in [6, 6.07) is 13.7. The smallest absolute Gasteiger partial charge is 0.416 e. The van der Waals surface area contributed by atoms with Crippen molar-refractivity contribution in [1.29, 1.82) is 0 Å². The molecule has 8 nitrogen and oxygen atoms in total. The summed E-state index contributed by atoms with van der Waals surface area (Å²) in [7, 11) is 0. The Morgan fingerprint density at radius 2 is 1.74 bits per heavy atom. The molecule has 3 aromatic rings. The number of carbonyl (C=O) groups excluding carboxylic acids is 2. The van der Waals surface area contributed by atoms with Gasteiger partial charge in [0.1, 0.15) is 18.1 Å². The van der Waals surface area contributed by atoms with Gasteiger partial charge in [0.05, 0.1) is 21.9 Å². The van der Waals surface area contributed by atoms with Crippen molar-refractivity contribution in [2.24, 2.45) is 0 Å². The van der Waals surface area contributed by atoms with Gasteiger partial charge in [0.25, 0.3) is 11.1 Å². The van der Waals surface area contributed by atoms with Crippen molar-refractivity contribution >= 4 is 50.6 Å². The van der Waals surface area contributed by atoms with Crippen LogP contribution in [0, 0.1) is 17.0 Å². The third kappa shape index (κ3) is 6.79. The first-order valence-corrected chi connectivity index (χ1v) is 12.8. The van der Waals surface area contributed by atoms with E-state index in [-0.39, 0.29) is 29.4 Å². The molecule has 13 heteroatoms. The number of nitro benzene ring substituents is 1. The van der Waals surface area contributed by atoms with Crippen molar-refractivity contribution < 1.29 is 37.2 Å². The van der Waals surface area contributed by atoms with Crippen LogP contribution in [0.2, 0.25) is 0 Å². The summed E-state index contributed by atoms with van der Waals surface area (Å²) in [5.41, 5.74) is -0.757. The number of benzene rings is 3. The molecule has 1 heterocycles. The molecule has 202 valence electrons. The van der Waals surface area contributed by atoms with Crippen LogP contribution in [-0.4, -0.2) is 34.1 Å². The van der Waals surface area contributed by atoms with Gasteiger partial charge in [0, 0.05) is 16.1 Å². The van der Waals surface area contributed by atoms with Gasteiger partial charge in [-0.05, 0) is 67.2 Å². The molecule has 0 aromatic heterocycles. The predicted molar refractivity (Wildman–Crippen MR) is 142 cm³/mol. The fraction of sp³-hybridized carbons (Fsp3) is 0.154. The van der Waals surface area contributed by atoms with Gasteiger partial charge in [-0.25, -0.2) is 0 Å². The molecule has 0 N–H and O–H groups in total. The summed E-state index contributed by atoms with van der Waals surface area (Å²) >= 11 is 3.99. The van der Waals surface area contributed by atoms with Gasteiger partial charge in [0.2, 0.25) is 5.75 Å². The Labute approximate surface area is 232 Å². The fourth-order valence-corrected chi connectivity index (χ4v) is 4.72. The van der Waals surface area contributed by atoms with Crippen molar-refractivity contribution in [1.82, 2.24) is 4.90 Å². The number of thioether (sulfide) groups is 1. The van der Waals surface area contributed by atoms with Gasteiger partial charge in [-0.1, -0.05) is 33.6 Å². The standard InChI is InChI=1S/C26H18BrF3N2O6S/c1-15-2-6-19(7-3-15)37-11-10-31-24(33)23(39-25(31)34)13-16-12-18(27)5-9-21(16)38-22-8-4-17(26(28,29)30)14-20(22)32(35)36/h2-9,12-14H,10-11H2,1H3/b23-13-. The lowest BCUT2D eigenvalue weighted by atomic mass is 10.1. The lowest BCUT2D eigenvalue weighted by Crippen LogP contribution is -2.32. The molecule has 1 aliphatic heterocycles. The van der Waals surface area contributed by atoms with Gasteiger partial charge in [0.15, 0.2) is 0 Å². The number of nitrogens with zero attached hydrogens (tertiary/aromatic N) is 2. The Balaban J connectivity index is 1.55. The first-order valence-electron chi connectivity index (χ1n) is 11.2. The highest BCUT2D eigenvalue weighted by molar-refractivity contribution is 9.10. The number of hydrogen-bond acceptors (Lipinski definition) is 7. The second kappa shape index (κ2) is 11.5. The molecule has 0 aliphatic carbocycles. The molecule has 0 radical (unpaired) electrons. The highest BCUT2D eigenvalue weighted by Crippen LogP contribution is 2.40. The van der Waals surface area contributed by atoms with Gasteiger partial charge in [-0.2, -0.15) is 13.2 Å². The first-order chi connectivity index (χ1) is 18.4. The molecule has 39 heavy (non-hydrogen) atoms. The van der Waals surface area contributed by atoms with Crippen molar-refractivity contribution in [3.05, 3.63) is 96.8 Å². The molecule has 0 bridgehead atoms. The SMILES string of the molecule is Cc1ccc(OCCN2C(=O)S/C(=C\c3cc(Br)ccc3Oc3ccc(C(F)(F)F)cc3[N+](=O)[O-])C2=O)cc1. The normalized spacial score (nSPS) is 14.7. The van der Waals surface area contributed by atoms with Crippen LogP contribution in [0.4, 0.5) is 23.7 Å². The summed E-state index contributed by atoms with van der Waals surface area (Å²) in [6.45, 7) is 2.02. The second-order valence-corrected chi connectivity index (χ2v) is 10.1. The number of imide groups is 1. The zero-order valence-corrected chi connectivity index (χ0v) is 22.4. The van der Waals surface area contributed by atoms with Crippen LogP contribution >= 0.6 is 27.7 Å². The van der Waals surface area contributed by atoms with E-state index in [1.165, 1.54) is 12.1 Å². The quantitative estimate of drug-likeness (QED) is 0.145. The van der Waals surface area contributed by atoms with E-state index < -0.39 is 39.2 Å². The van der Waals surface area contributed by atoms with Crippen LogP contribution in [0.15, 0.2) is 70.0 Å². The third-order valence-corrected chi connectivity index (χ3v) is 6.84. The number of alkyl halides is 3. The van der Waals surface area contributed by atoms with E-state index in [4.69, 9.17) is 9.47 Å². The van der Waals surface area contributed by atoms with Gasteiger partial charge in [-0.15, -0.1) is 0 Å². The summed E-state index contributed by atoms with van der Waals surface area (Å²) < 4.78 is 51.0. The van der Waals surface area contributed by atoms with E-state index in [2.05, 4.69) is 15.9 Å². The molecule has 1 aliphatic rings. The van der Waals surface area contributed by atoms with E-state index in [0.717, 1.165) is 16.5 Å². The number of halogens is 4. The number of hydrogen-bond donors (Lipinski definition) is 0. The maximum atomic E-state index is 13.1. The number of rotatable bonds is 8. The lowest BCUT2D eigenvalue weighted by molar-refractivity contribution is -0.385. The average Bonchev–Trinajstić information content (AvgIpc) is 3.13. The molecule has 1 fully saturated rings. The molecule has 1 saturated heterocycles. The van der Waals surface area contributed by atoms with Gasteiger partial charge >= 0.3 is 11.9 Å². The fourth-order valence-electron chi connectivity index (χ4n) is 3.49. The minimum atomic E-state index is -4.78. The topological polar surface area (TPSA) is 99.0 Å². The Bertz CT molecular complexity index is 1480. The van der Waals surface area contributed by atoms with E-state index in [9.17, 15) is 32.9 Å². The summed E-state index contributed by atoms with van der Waals surface area (Å²) in [5.74, 6) is -0.373. The van der Waals surface area contributed by atoms with Crippen molar-refractivity contribution in [2.75, 3.05) is 13.2 Å². The Kier molecular flexibility index (Phi) is 8.31. The van der Waals surface area contributed by atoms with Crippen LogP contribution < -0.4 is 9.47 Å². The van der Waals surface area contributed by atoms with E-state index in [1.54, 1.807) is 24.3 Å². The molecular weight excluding hydrogens is 605 g/mol. The van der Waals surface area contributed by atoms with Gasteiger partial charge in [-0.3, -0.25) is 24.6 Å². The Morgan fingerprint density at radius 3 is 2.41 bits per heavy atom. The highest BCUT2D eigenvalue weighted by Gasteiger charge is 2.36. The van der Waals surface area contributed by atoms with Crippen molar-refractivity contribution in [3.63, 3.8) is 0 Å². The minimum absolute atomic E-state index is 0.00940. The third-order valence-electron chi connectivity index (χ3n) is 5.44. The average molecular weight is 623 g/mol.